The summed E-state index contributed by atoms with van der Waals surface area (Å²) in [5, 5.41) is 3.02. The van der Waals surface area contributed by atoms with Crippen molar-refractivity contribution in [3.63, 3.8) is 0 Å². The molecular weight excluding hydrogens is 460 g/mol. The number of ether oxygens (including phenoxy) is 1. The molecule has 8 heteroatoms. The zero-order valence-corrected chi connectivity index (χ0v) is 20.1. The zero-order valence-electron chi connectivity index (χ0n) is 18.6. The zero-order chi connectivity index (χ0) is 23.8. The van der Waals surface area contributed by atoms with Crippen LogP contribution >= 0.6 is 11.6 Å². The number of hydrogen-bond donors (Lipinski definition) is 1. The number of methoxy groups -OCH3 is 1. The molecule has 0 aromatic heterocycles. The van der Waals surface area contributed by atoms with E-state index in [1.807, 2.05) is 43.3 Å². The van der Waals surface area contributed by atoms with Crippen molar-refractivity contribution in [2.75, 3.05) is 18.0 Å². The van der Waals surface area contributed by atoms with Crippen LogP contribution in [0.1, 0.15) is 29.3 Å². The monoisotopic (exact) mass is 486 g/mol. The molecule has 6 nitrogen and oxygen atoms in total. The average Bonchev–Trinajstić information content (AvgIpc) is 2.82. The third kappa shape index (κ3) is 6.35. The van der Waals surface area contributed by atoms with Crippen LogP contribution in [-0.4, -0.2) is 34.1 Å². The third-order valence-electron chi connectivity index (χ3n) is 5.12. The van der Waals surface area contributed by atoms with Gasteiger partial charge in [0.2, 0.25) is 0 Å². The number of nitrogens with one attached hydrogen (secondary N) is 1. The van der Waals surface area contributed by atoms with Gasteiger partial charge in [0.05, 0.1) is 27.7 Å². The van der Waals surface area contributed by atoms with Crippen LogP contribution in [0.4, 0.5) is 5.69 Å². The van der Waals surface area contributed by atoms with Crippen molar-refractivity contribution in [1.29, 1.82) is 0 Å². The fourth-order valence-corrected chi connectivity index (χ4v) is 4.98. The number of carbonyl (C=O) groups is 1. The Kier molecular flexibility index (Phi) is 8.49. The Labute approximate surface area is 200 Å². The second-order valence-electron chi connectivity index (χ2n) is 7.63. The van der Waals surface area contributed by atoms with Gasteiger partial charge in [0.25, 0.3) is 15.9 Å². The largest absolute Gasteiger partial charge is 0.385 e. The lowest BCUT2D eigenvalue weighted by atomic mass is 10.2. The summed E-state index contributed by atoms with van der Waals surface area (Å²) in [6.07, 6.45) is 0.622. The van der Waals surface area contributed by atoms with Crippen LogP contribution in [0.25, 0.3) is 0 Å². The Balaban J connectivity index is 1.96. The van der Waals surface area contributed by atoms with Gasteiger partial charge in [0.15, 0.2) is 0 Å². The fraction of sp³-hybridized carbons (Fsp3) is 0.240. The van der Waals surface area contributed by atoms with E-state index in [0.717, 1.165) is 5.56 Å². The van der Waals surface area contributed by atoms with E-state index < -0.39 is 15.9 Å². The van der Waals surface area contributed by atoms with Crippen LogP contribution in [-0.2, 0) is 21.3 Å². The second-order valence-corrected chi connectivity index (χ2v) is 9.90. The van der Waals surface area contributed by atoms with Crippen molar-refractivity contribution in [2.24, 2.45) is 0 Å². The Bertz CT molecular complexity index is 1170. The van der Waals surface area contributed by atoms with Gasteiger partial charge >= 0.3 is 0 Å². The van der Waals surface area contributed by atoms with Crippen molar-refractivity contribution >= 4 is 33.2 Å². The summed E-state index contributed by atoms with van der Waals surface area (Å²) in [4.78, 5) is 12.8. The molecule has 0 saturated heterocycles. The first-order valence-electron chi connectivity index (χ1n) is 10.5. The molecule has 0 radical (unpaired) electrons. The molecule has 0 aliphatic heterocycles. The van der Waals surface area contributed by atoms with E-state index in [9.17, 15) is 13.2 Å². The molecule has 0 aliphatic rings. The molecule has 3 aromatic rings. The van der Waals surface area contributed by atoms with Crippen molar-refractivity contribution in [2.45, 2.75) is 30.8 Å². The van der Waals surface area contributed by atoms with Crippen LogP contribution < -0.4 is 9.62 Å². The van der Waals surface area contributed by atoms with Gasteiger partial charge in [-0.15, -0.1) is 0 Å². The molecule has 3 rings (SSSR count). The van der Waals surface area contributed by atoms with Gasteiger partial charge in [-0.2, -0.15) is 0 Å². The van der Waals surface area contributed by atoms with Crippen molar-refractivity contribution in [3.05, 3.63) is 95.0 Å². The lowest BCUT2D eigenvalue weighted by Crippen LogP contribution is -2.34. The minimum atomic E-state index is -3.99. The van der Waals surface area contributed by atoms with Gasteiger partial charge in [-0.3, -0.25) is 9.10 Å². The number of halogens is 1. The number of benzene rings is 3. The number of rotatable bonds is 10. The van der Waals surface area contributed by atoms with Gasteiger partial charge in [0.1, 0.15) is 0 Å². The molecular formula is C25H27ClN2O4S. The molecule has 0 heterocycles. The van der Waals surface area contributed by atoms with E-state index in [1.54, 1.807) is 31.4 Å². The Morgan fingerprint density at radius 2 is 1.67 bits per heavy atom. The molecule has 1 unspecified atom stereocenters. The number of para-hydroxylation sites is 1. The van der Waals surface area contributed by atoms with Crippen molar-refractivity contribution in [1.82, 2.24) is 5.32 Å². The number of sulfonamides is 1. The molecule has 0 aliphatic carbocycles. The predicted molar refractivity (Wildman–Crippen MR) is 131 cm³/mol. The van der Waals surface area contributed by atoms with Crippen LogP contribution in [0.15, 0.2) is 83.8 Å². The summed E-state index contributed by atoms with van der Waals surface area (Å²) in [6.45, 7) is 2.49. The topological polar surface area (TPSA) is 75.7 Å². The van der Waals surface area contributed by atoms with Gasteiger partial charge < -0.3 is 10.1 Å². The maximum absolute atomic E-state index is 13.7. The maximum atomic E-state index is 13.7. The van der Waals surface area contributed by atoms with E-state index in [0.29, 0.717) is 18.7 Å². The highest BCUT2D eigenvalue weighted by atomic mass is 35.5. The summed E-state index contributed by atoms with van der Waals surface area (Å²) in [7, 11) is -2.40. The Morgan fingerprint density at radius 3 is 2.30 bits per heavy atom. The van der Waals surface area contributed by atoms with Gasteiger partial charge in [-0.05, 0) is 49.2 Å². The first-order chi connectivity index (χ1) is 15.8. The molecule has 1 atom stereocenters. The van der Waals surface area contributed by atoms with Crippen LogP contribution in [0.2, 0.25) is 5.02 Å². The van der Waals surface area contributed by atoms with Crippen LogP contribution in [0.5, 0.6) is 0 Å². The van der Waals surface area contributed by atoms with Crippen LogP contribution in [0.3, 0.4) is 0 Å². The van der Waals surface area contributed by atoms with E-state index in [-0.39, 0.29) is 28.1 Å². The minimum Gasteiger partial charge on any atom is -0.385 e. The molecule has 1 N–H and O–H groups in total. The number of amides is 1. The quantitative estimate of drug-likeness (QED) is 0.442. The van der Waals surface area contributed by atoms with E-state index in [1.165, 1.54) is 22.5 Å². The maximum Gasteiger partial charge on any atom is 0.264 e. The van der Waals surface area contributed by atoms with Gasteiger partial charge in [-0.1, -0.05) is 60.1 Å². The van der Waals surface area contributed by atoms with E-state index in [4.69, 9.17) is 16.3 Å². The highest BCUT2D eigenvalue weighted by molar-refractivity contribution is 7.92. The fourth-order valence-electron chi connectivity index (χ4n) is 3.29. The van der Waals surface area contributed by atoms with E-state index >= 15 is 0 Å². The molecule has 33 heavy (non-hydrogen) atoms. The molecule has 1 amide bonds. The minimum absolute atomic E-state index is 0.0126. The lowest BCUT2D eigenvalue weighted by molar-refractivity contribution is 0.0929. The smallest absolute Gasteiger partial charge is 0.264 e. The molecule has 3 aromatic carbocycles. The number of nitrogens with zero attached hydrogens (tertiary/aromatic N) is 1. The lowest BCUT2D eigenvalue weighted by Gasteiger charge is -2.25. The first-order valence-corrected chi connectivity index (χ1v) is 12.4. The summed E-state index contributed by atoms with van der Waals surface area (Å²) in [5.74, 6) is -0.435. The van der Waals surface area contributed by atoms with E-state index in [2.05, 4.69) is 5.32 Å². The number of hydrogen-bond acceptors (Lipinski definition) is 4. The Morgan fingerprint density at radius 1 is 1.03 bits per heavy atom. The Hall–Kier alpha value is -2.87. The number of anilines is 1. The summed E-state index contributed by atoms with van der Waals surface area (Å²) in [5.41, 5.74) is 1.47. The SMILES string of the molecule is COCCC(C)NC(=O)c1cc(S(=O)(=O)N(Cc2ccccc2)c2ccccc2)ccc1Cl. The number of carbonyl (C=O) groups excluding carboxylic acids is 1. The summed E-state index contributed by atoms with van der Waals surface area (Å²) >= 11 is 6.26. The molecule has 0 spiro atoms. The normalized spacial score (nSPS) is 12.2. The molecule has 0 bridgehead atoms. The van der Waals surface area contributed by atoms with Gasteiger partial charge in [-0.25, -0.2) is 8.42 Å². The molecule has 0 fully saturated rings. The predicted octanol–water partition coefficient (Wildman–Crippen LogP) is 4.89. The van der Waals surface area contributed by atoms with Crippen molar-refractivity contribution < 1.29 is 17.9 Å². The molecule has 174 valence electrons. The van der Waals surface area contributed by atoms with Crippen molar-refractivity contribution in [3.8, 4) is 0 Å². The highest BCUT2D eigenvalue weighted by Gasteiger charge is 2.27. The average molecular weight is 487 g/mol. The first kappa shape index (κ1) is 24.8. The second kappa shape index (κ2) is 11.3. The third-order valence-corrected chi connectivity index (χ3v) is 7.22. The summed E-state index contributed by atoms with van der Waals surface area (Å²) in [6, 6.07) is 22.2. The van der Waals surface area contributed by atoms with Gasteiger partial charge in [0, 0.05) is 19.8 Å². The van der Waals surface area contributed by atoms with Crippen LogP contribution in [0, 0.1) is 0 Å². The molecule has 0 saturated carbocycles. The standard InChI is InChI=1S/C25H27ClN2O4S/c1-19(15-16-32-2)27-25(29)23-17-22(13-14-24(23)26)33(30,31)28(21-11-7-4-8-12-21)18-20-9-5-3-6-10-20/h3-14,17,19H,15-16,18H2,1-2H3,(H,27,29). The summed E-state index contributed by atoms with van der Waals surface area (Å²) < 4.78 is 33.8. The highest BCUT2D eigenvalue weighted by Crippen LogP contribution is 2.28.